The van der Waals surface area contributed by atoms with E-state index in [0.29, 0.717) is 17.4 Å². The lowest BCUT2D eigenvalue weighted by molar-refractivity contribution is 0.301. The summed E-state index contributed by atoms with van der Waals surface area (Å²) in [5.41, 5.74) is 0.391. The fourth-order valence-corrected chi connectivity index (χ4v) is 2.27. The molecule has 0 aliphatic heterocycles. The van der Waals surface area contributed by atoms with Gasteiger partial charge in [-0.05, 0) is 31.6 Å². The van der Waals surface area contributed by atoms with Crippen molar-refractivity contribution in [3.05, 3.63) is 12.2 Å². The van der Waals surface area contributed by atoms with Gasteiger partial charge in [-0.2, -0.15) is 0 Å². The second-order valence-electron chi connectivity index (χ2n) is 6.32. The summed E-state index contributed by atoms with van der Waals surface area (Å²) < 4.78 is 2.17. The lowest BCUT2D eigenvalue weighted by Gasteiger charge is -2.23. The van der Waals surface area contributed by atoms with Gasteiger partial charge in [0, 0.05) is 12.5 Å². The lowest BCUT2D eigenvalue weighted by Crippen LogP contribution is -2.15. The molecule has 0 fully saturated rings. The average molecular weight is 223 g/mol. The van der Waals surface area contributed by atoms with Gasteiger partial charge in [0.1, 0.15) is 12.2 Å². The van der Waals surface area contributed by atoms with E-state index in [2.05, 4.69) is 56.3 Å². The minimum Gasteiger partial charge on any atom is -0.315 e. The summed E-state index contributed by atoms with van der Waals surface area (Å²) in [5.74, 6) is 1.77. The zero-order chi connectivity index (χ0) is 12.3. The van der Waals surface area contributed by atoms with Crippen LogP contribution in [-0.2, 0) is 6.42 Å². The van der Waals surface area contributed by atoms with E-state index in [-0.39, 0.29) is 0 Å². The highest BCUT2D eigenvalue weighted by atomic mass is 15.3. The maximum absolute atomic E-state index is 4.22. The van der Waals surface area contributed by atoms with Gasteiger partial charge in [0.15, 0.2) is 0 Å². The highest BCUT2D eigenvalue weighted by Gasteiger charge is 2.18. The average Bonchev–Trinajstić information content (AvgIpc) is 2.47. The number of rotatable bonds is 4. The first kappa shape index (κ1) is 13.2. The van der Waals surface area contributed by atoms with E-state index >= 15 is 0 Å². The molecule has 1 rings (SSSR count). The van der Waals surface area contributed by atoms with Gasteiger partial charge < -0.3 is 4.57 Å². The minimum atomic E-state index is 0.391. The van der Waals surface area contributed by atoms with Crippen LogP contribution in [0.4, 0.5) is 0 Å². The van der Waals surface area contributed by atoms with Crippen LogP contribution in [-0.4, -0.2) is 14.8 Å². The summed E-state index contributed by atoms with van der Waals surface area (Å²) in [6.45, 7) is 13.5. The first-order valence-electron chi connectivity index (χ1n) is 6.18. The van der Waals surface area contributed by atoms with Gasteiger partial charge >= 0.3 is 0 Å². The second kappa shape index (κ2) is 4.98. The fraction of sp³-hybridized carbons (Fsp3) is 0.846. The van der Waals surface area contributed by atoms with Crippen LogP contribution in [0.3, 0.4) is 0 Å². The molecule has 0 N–H and O–H groups in total. The molecule has 0 spiro atoms. The zero-order valence-corrected chi connectivity index (χ0v) is 11.5. The molecule has 0 saturated carbocycles. The van der Waals surface area contributed by atoms with Crippen LogP contribution in [0.2, 0.25) is 0 Å². The van der Waals surface area contributed by atoms with Crippen LogP contribution in [0.25, 0.3) is 0 Å². The van der Waals surface area contributed by atoms with E-state index in [0.717, 1.165) is 12.2 Å². The second-order valence-corrected chi connectivity index (χ2v) is 6.32. The monoisotopic (exact) mass is 223 g/mol. The molecular weight excluding hydrogens is 198 g/mol. The molecule has 3 nitrogen and oxygen atoms in total. The Hall–Kier alpha value is -0.860. The number of hydrogen-bond donors (Lipinski definition) is 0. The molecule has 1 atom stereocenters. The van der Waals surface area contributed by atoms with Crippen molar-refractivity contribution in [3.63, 3.8) is 0 Å². The van der Waals surface area contributed by atoms with Crippen molar-refractivity contribution in [1.82, 2.24) is 14.8 Å². The Kier molecular flexibility index (Phi) is 4.11. The summed E-state index contributed by atoms with van der Waals surface area (Å²) in [4.78, 5) is 0. The third-order valence-electron chi connectivity index (χ3n) is 2.70. The zero-order valence-electron chi connectivity index (χ0n) is 11.5. The van der Waals surface area contributed by atoms with Crippen LogP contribution in [0.15, 0.2) is 6.33 Å². The Labute approximate surface area is 99.3 Å². The molecular formula is C13H25N3. The molecule has 3 heteroatoms. The van der Waals surface area contributed by atoms with Crippen LogP contribution in [0.1, 0.15) is 59.8 Å². The Balaban J connectivity index is 2.63. The molecule has 0 amide bonds. The largest absolute Gasteiger partial charge is 0.315 e. The lowest BCUT2D eigenvalue weighted by atomic mass is 9.84. The Bertz CT molecular complexity index is 320. The molecule has 0 bridgehead atoms. The molecule has 0 radical (unpaired) electrons. The number of nitrogens with zero attached hydrogens (tertiary/aromatic N) is 3. The van der Waals surface area contributed by atoms with Gasteiger partial charge in [-0.25, -0.2) is 0 Å². The molecule has 16 heavy (non-hydrogen) atoms. The van der Waals surface area contributed by atoms with E-state index in [4.69, 9.17) is 0 Å². The van der Waals surface area contributed by atoms with Crippen molar-refractivity contribution in [3.8, 4) is 0 Å². The maximum atomic E-state index is 4.22. The van der Waals surface area contributed by atoms with Crippen LogP contribution in [0.5, 0.6) is 0 Å². The van der Waals surface area contributed by atoms with E-state index in [1.54, 1.807) is 0 Å². The normalized spacial score (nSPS) is 14.4. The van der Waals surface area contributed by atoms with E-state index in [1.807, 2.05) is 6.33 Å². The Morgan fingerprint density at radius 2 is 1.88 bits per heavy atom. The van der Waals surface area contributed by atoms with Gasteiger partial charge in [0.2, 0.25) is 0 Å². The molecule has 1 heterocycles. The maximum Gasteiger partial charge on any atom is 0.133 e. The van der Waals surface area contributed by atoms with E-state index in [1.165, 1.54) is 6.42 Å². The summed E-state index contributed by atoms with van der Waals surface area (Å²) in [7, 11) is 0. The minimum absolute atomic E-state index is 0.391. The summed E-state index contributed by atoms with van der Waals surface area (Å²) in [5, 5.41) is 8.23. The number of hydrogen-bond acceptors (Lipinski definition) is 2. The SMILES string of the molecule is CC(Cc1nncn1C(C)C)CC(C)(C)C. The molecule has 0 saturated heterocycles. The third-order valence-corrected chi connectivity index (χ3v) is 2.70. The van der Waals surface area contributed by atoms with Gasteiger partial charge in [-0.3, -0.25) is 0 Å². The van der Waals surface area contributed by atoms with Crippen LogP contribution >= 0.6 is 0 Å². The highest BCUT2D eigenvalue weighted by Crippen LogP contribution is 2.26. The first-order chi connectivity index (χ1) is 7.29. The van der Waals surface area contributed by atoms with Gasteiger partial charge in [-0.15, -0.1) is 10.2 Å². The van der Waals surface area contributed by atoms with Crippen molar-refractivity contribution >= 4 is 0 Å². The molecule has 1 unspecified atom stereocenters. The molecule has 0 aliphatic rings. The van der Waals surface area contributed by atoms with E-state index in [9.17, 15) is 0 Å². The van der Waals surface area contributed by atoms with E-state index < -0.39 is 0 Å². The Morgan fingerprint density at radius 3 is 2.38 bits per heavy atom. The molecule has 1 aromatic heterocycles. The number of aromatic nitrogens is 3. The Morgan fingerprint density at radius 1 is 1.25 bits per heavy atom. The van der Waals surface area contributed by atoms with Gasteiger partial charge in [0.25, 0.3) is 0 Å². The van der Waals surface area contributed by atoms with Crippen molar-refractivity contribution in [2.45, 2.75) is 60.4 Å². The van der Waals surface area contributed by atoms with Crippen molar-refractivity contribution in [1.29, 1.82) is 0 Å². The predicted octanol–water partition coefficient (Wildman–Crippen LogP) is 3.47. The molecule has 1 aromatic rings. The smallest absolute Gasteiger partial charge is 0.133 e. The predicted molar refractivity (Wildman–Crippen MR) is 67.3 cm³/mol. The molecule has 92 valence electrons. The topological polar surface area (TPSA) is 30.7 Å². The van der Waals surface area contributed by atoms with Crippen molar-refractivity contribution in [2.75, 3.05) is 0 Å². The highest BCUT2D eigenvalue weighted by molar-refractivity contribution is 4.90. The fourth-order valence-electron chi connectivity index (χ4n) is 2.27. The summed E-state index contributed by atoms with van der Waals surface area (Å²) in [6, 6.07) is 0.451. The van der Waals surface area contributed by atoms with Crippen LogP contribution < -0.4 is 0 Å². The standard InChI is InChI=1S/C13H25N3/c1-10(2)16-9-14-15-12(16)7-11(3)8-13(4,5)6/h9-11H,7-8H2,1-6H3. The van der Waals surface area contributed by atoms with Crippen molar-refractivity contribution in [2.24, 2.45) is 11.3 Å². The van der Waals surface area contributed by atoms with Gasteiger partial charge in [-0.1, -0.05) is 27.7 Å². The molecule has 0 aliphatic carbocycles. The summed E-state index contributed by atoms with van der Waals surface area (Å²) >= 11 is 0. The molecule has 0 aromatic carbocycles. The first-order valence-corrected chi connectivity index (χ1v) is 6.18. The quantitative estimate of drug-likeness (QED) is 0.782. The van der Waals surface area contributed by atoms with Gasteiger partial charge in [0.05, 0.1) is 0 Å². The van der Waals surface area contributed by atoms with Crippen molar-refractivity contribution < 1.29 is 0 Å². The third kappa shape index (κ3) is 3.95. The summed E-state index contributed by atoms with van der Waals surface area (Å²) in [6.07, 6.45) is 4.08. The van der Waals surface area contributed by atoms with Crippen LogP contribution in [0, 0.1) is 11.3 Å².